The van der Waals surface area contributed by atoms with Gasteiger partial charge in [-0.05, 0) is 56.1 Å². The fraction of sp³-hybridized carbons (Fsp3) is 0.235. The minimum atomic E-state index is -0.256. The molecule has 2 aromatic rings. The molecule has 0 unspecified atom stereocenters. The first-order valence-corrected chi connectivity index (χ1v) is 8.54. The highest BCUT2D eigenvalue weighted by molar-refractivity contribution is 7.80. The van der Waals surface area contributed by atoms with Gasteiger partial charge >= 0.3 is 0 Å². The smallest absolute Gasteiger partial charge is 0.257 e. The summed E-state index contributed by atoms with van der Waals surface area (Å²) in [7, 11) is 0. The van der Waals surface area contributed by atoms with Crippen molar-refractivity contribution in [1.29, 1.82) is 5.26 Å². The van der Waals surface area contributed by atoms with E-state index in [1.807, 2.05) is 19.1 Å². The lowest BCUT2D eigenvalue weighted by molar-refractivity contribution is 0.0977. The van der Waals surface area contributed by atoms with Crippen molar-refractivity contribution in [1.82, 2.24) is 5.32 Å². The maximum atomic E-state index is 12.2. The number of nitrogens with zero attached hydrogens (tertiary/aromatic N) is 1. The van der Waals surface area contributed by atoms with Crippen molar-refractivity contribution < 1.29 is 4.79 Å². The van der Waals surface area contributed by atoms with E-state index in [1.165, 1.54) is 4.88 Å². The molecule has 0 saturated heterocycles. The molecule has 116 valence electrons. The highest BCUT2D eigenvalue weighted by Gasteiger charge is 2.22. The summed E-state index contributed by atoms with van der Waals surface area (Å²) >= 11 is 6.77. The standard InChI is InChI=1S/C17H15N3OS2/c1-10-4-2-5-11(8-10)15(21)19-17(22)20-16-13(9-18)12-6-3-7-14(12)23-16/h2,4-5,8H,3,6-7H2,1H3,(H2,19,20,21,22). The first-order chi connectivity index (χ1) is 11.1. The Morgan fingerprint density at radius 3 is 2.96 bits per heavy atom. The number of aryl methyl sites for hydroxylation is 2. The van der Waals surface area contributed by atoms with Crippen LogP contribution in [-0.4, -0.2) is 11.0 Å². The van der Waals surface area contributed by atoms with Gasteiger partial charge in [-0.1, -0.05) is 17.7 Å². The fourth-order valence-electron chi connectivity index (χ4n) is 2.71. The molecule has 1 aliphatic rings. The second-order valence-corrected chi connectivity index (χ2v) is 6.96. The van der Waals surface area contributed by atoms with E-state index in [4.69, 9.17) is 12.2 Å². The van der Waals surface area contributed by atoms with Gasteiger partial charge in [0.05, 0.1) is 5.56 Å². The van der Waals surface area contributed by atoms with Gasteiger partial charge in [-0.15, -0.1) is 11.3 Å². The van der Waals surface area contributed by atoms with Crippen LogP contribution in [0.1, 0.15) is 38.3 Å². The molecule has 1 heterocycles. The third kappa shape index (κ3) is 3.26. The summed E-state index contributed by atoms with van der Waals surface area (Å²) in [6.45, 7) is 1.93. The maximum absolute atomic E-state index is 12.2. The summed E-state index contributed by atoms with van der Waals surface area (Å²) < 4.78 is 0. The summed E-state index contributed by atoms with van der Waals surface area (Å²) in [5.41, 5.74) is 3.36. The van der Waals surface area contributed by atoms with Crippen LogP contribution in [0.25, 0.3) is 0 Å². The molecule has 0 radical (unpaired) electrons. The van der Waals surface area contributed by atoms with Crippen molar-refractivity contribution in [3.05, 3.63) is 51.4 Å². The Bertz CT molecular complexity index is 833. The number of carbonyl (C=O) groups is 1. The highest BCUT2D eigenvalue weighted by Crippen LogP contribution is 2.38. The summed E-state index contributed by atoms with van der Waals surface area (Å²) in [5, 5.41) is 16.0. The SMILES string of the molecule is Cc1cccc(C(=O)NC(=S)Nc2sc3c(c2C#N)CCC3)c1. The number of hydrogen-bond donors (Lipinski definition) is 2. The molecule has 0 saturated carbocycles. The Labute approximate surface area is 144 Å². The summed E-state index contributed by atoms with van der Waals surface area (Å²) in [6, 6.07) is 9.56. The number of nitriles is 1. The van der Waals surface area contributed by atoms with Crippen LogP contribution in [0.5, 0.6) is 0 Å². The predicted octanol–water partition coefficient (Wildman–Crippen LogP) is 3.54. The van der Waals surface area contributed by atoms with Crippen LogP contribution in [0.3, 0.4) is 0 Å². The average molecular weight is 341 g/mol. The van der Waals surface area contributed by atoms with Gasteiger partial charge in [0.2, 0.25) is 0 Å². The molecule has 3 rings (SSSR count). The van der Waals surface area contributed by atoms with Crippen LogP contribution in [-0.2, 0) is 12.8 Å². The summed E-state index contributed by atoms with van der Waals surface area (Å²) in [6.07, 6.45) is 3.06. The van der Waals surface area contributed by atoms with Gasteiger partial charge in [-0.3, -0.25) is 10.1 Å². The number of anilines is 1. The second-order valence-electron chi connectivity index (χ2n) is 5.45. The van der Waals surface area contributed by atoms with E-state index in [2.05, 4.69) is 16.7 Å². The highest BCUT2D eigenvalue weighted by atomic mass is 32.1. The molecule has 2 N–H and O–H groups in total. The number of thiocarbonyl (C=S) groups is 1. The zero-order chi connectivity index (χ0) is 16.4. The van der Waals surface area contributed by atoms with Gasteiger partial charge in [0.15, 0.2) is 5.11 Å². The van der Waals surface area contributed by atoms with Gasteiger partial charge in [-0.2, -0.15) is 5.26 Å². The monoisotopic (exact) mass is 341 g/mol. The average Bonchev–Trinajstić information content (AvgIpc) is 3.07. The van der Waals surface area contributed by atoms with Crippen LogP contribution in [0.4, 0.5) is 5.00 Å². The molecule has 23 heavy (non-hydrogen) atoms. The topological polar surface area (TPSA) is 64.9 Å². The molecule has 0 aliphatic heterocycles. The molecule has 0 spiro atoms. The Balaban J connectivity index is 1.71. The van der Waals surface area contributed by atoms with Gasteiger partial charge in [0.1, 0.15) is 11.1 Å². The van der Waals surface area contributed by atoms with E-state index in [9.17, 15) is 10.1 Å². The molecule has 0 bridgehead atoms. The molecule has 6 heteroatoms. The summed E-state index contributed by atoms with van der Waals surface area (Å²) in [5.74, 6) is -0.256. The quantitative estimate of drug-likeness (QED) is 0.820. The number of thiophene rings is 1. The van der Waals surface area contributed by atoms with Crippen molar-refractivity contribution in [2.45, 2.75) is 26.2 Å². The van der Waals surface area contributed by atoms with Crippen molar-refractivity contribution in [2.75, 3.05) is 5.32 Å². The van der Waals surface area contributed by atoms with Gasteiger partial charge in [0, 0.05) is 10.4 Å². The van der Waals surface area contributed by atoms with Crippen molar-refractivity contribution in [3.63, 3.8) is 0 Å². The molecular weight excluding hydrogens is 326 g/mol. The molecule has 4 nitrogen and oxygen atoms in total. The first kappa shape index (κ1) is 15.7. The van der Waals surface area contributed by atoms with E-state index in [0.29, 0.717) is 11.1 Å². The van der Waals surface area contributed by atoms with E-state index in [-0.39, 0.29) is 11.0 Å². The predicted molar refractivity (Wildman–Crippen MR) is 95.9 cm³/mol. The molecule has 0 fully saturated rings. The Morgan fingerprint density at radius 1 is 1.39 bits per heavy atom. The number of amides is 1. The van der Waals surface area contributed by atoms with Gasteiger partial charge < -0.3 is 5.32 Å². The van der Waals surface area contributed by atoms with Crippen LogP contribution in [0, 0.1) is 18.3 Å². The van der Waals surface area contributed by atoms with Crippen LogP contribution >= 0.6 is 23.6 Å². The van der Waals surface area contributed by atoms with Crippen molar-refractivity contribution in [2.24, 2.45) is 0 Å². The summed E-state index contributed by atoms with van der Waals surface area (Å²) in [4.78, 5) is 13.4. The Kier molecular flexibility index (Phi) is 4.42. The Morgan fingerprint density at radius 2 is 2.22 bits per heavy atom. The zero-order valence-corrected chi connectivity index (χ0v) is 14.2. The van der Waals surface area contributed by atoms with Gasteiger partial charge in [-0.25, -0.2) is 0 Å². The molecular formula is C17H15N3OS2. The van der Waals surface area contributed by atoms with E-state index in [0.717, 1.165) is 35.4 Å². The molecule has 1 aromatic carbocycles. The third-order valence-electron chi connectivity index (χ3n) is 3.77. The number of fused-ring (bicyclic) bond motifs is 1. The lowest BCUT2D eigenvalue weighted by Gasteiger charge is -2.09. The molecule has 1 aliphatic carbocycles. The second kappa shape index (κ2) is 6.49. The lowest BCUT2D eigenvalue weighted by Crippen LogP contribution is -2.34. The van der Waals surface area contributed by atoms with E-state index < -0.39 is 0 Å². The maximum Gasteiger partial charge on any atom is 0.257 e. The molecule has 0 atom stereocenters. The number of nitrogens with one attached hydrogen (secondary N) is 2. The normalized spacial score (nSPS) is 12.3. The van der Waals surface area contributed by atoms with Crippen LogP contribution in [0.2, 0.25) is 0 Å². The fourth-order valence-corrected chi connectivity index (χ4v) is 4.21. The number of rotatable bonds is 2. The molecule has 1 aromatic heterocycles. The number of hydrogen-bond acceptors (Lipinski definition) is 4. The van der Waals surface area contributed by atoms with Crippen molar-refractivity contribution in [3.8, 4) is 6.07 Å². The Hall–Kier alpha value is -2.23. The van der Waals surface area contributed by atoms with Crippen molar-refractivity contribution >= 4 is 39.6 Å². The number of carbonyl (C=O) groups excluding carboxylic acids is 1. The lowest BCUT2D eigenvalue weighted by atomic mass is 10.1. The minimum Gasteiger partial charge on any atom is -0.323 e. The number of benzene rings is 1. The zero-order valence-electron chi connectivity index (χ0n) is 12.6. The third-order valence-corrected chi connectivity index (χ3v) is 5.18. The first-order valence-electron chi connectivity index (χ1n) is 7.32. The molecule has 1 amide bonds. The van der Waals surface area contributed by atoms with Crippen LogP contribution in [0.15, 0.2) is 24.3 Å². The van der Waals surface area contributed by atoms with E-state index in [1.54, 1.807) is 23.5 Å². The van der Waals surface area contributed by atoms with Crippen LogP contribution < -0.4 is 10.6 Å². The largest absolute Gasteiger partial charge is 0.323 e. The van der Waals surface area contributed by atoms with Gasteiger partial charge in [0.25, 0.3) is 5.91 Å². The van der Waals surface area contributed by atoms with E-state index >= 15 is 0 Å². The minimum absolute atomic E-state index is 0.216.